The van der Waals surface area contributed by atoms with E-state index >= 15 is 0 Å². The van der Waals surface area contributed by atoms with Crippen molar-refractivity contribution in [3.63, 3.8) is 0 Å². The van der Waals surface area contributed by atoms with Crippen LogP contribution < -0.4 is 20.5 Å². The van der Waals surface area contributed by atoms with Gasteiger partial charge in [0.1, 0.15) is 17.8 Å². The Labute approximate surface area is 203 Å². The third-order valence-corrected chi connectivity index (χ3v) is 5.24. The molecule has 0 radical (unpaired) electrons. The van der Waals surface area contributed by atoms with Crippen molar-refractivity contribution in [2.45, 2.75) is 52.2 Å². The van der Waals surface area contributed by atoms with E-state index < -0.39 is 31.7 Å². The number of phosphoric ester groups is 1. The van der Waals surface area contributed by atoms with Gasteiger partial charge in [-0.1, -0.05) is 32.0 Å². The molecule has 0 aliphatic heterocycles. The Balaban J connectivity index is 2.09. The topological polar surface area (TPSA) is 167 Å². The number of rotatable bonds is 12. The normalized spacial score (nSPS) is 13.0. The van der Waals surface area contributed by atoms with Crippen LogP contribution in [0.4, 0.5) is 0 Å². The van der Waals surface area contributed by atoms with Gasteiger partial charge in [0.15, 0.2) is 0 Å². The largest absolute Gasteiger partial charge is 0.524 e. The molecule has 0 aliphatic carbocycles. The summed E-state index contributed by atoms with van der Waals surface area (Å²) in [5.41, 5.74) is 1.29. The van der Waals surface area contributed by atoms with Crippen LogP contribution >= 0.6 is 7.82 Å². The van der Waals surface area contributed by atoms with Gasteiger partial charge in [0.25, 0.3) is 0 Å². The van der Waals surface area contributed by atoms with Crippen molar-refractivity contribution in [3.8, 4) is 5.75 Å². The number of carbonyl (C=O) groups excluding carboxylic acids is 3. The second kappa shape index (κ2) is 13.0. The maximum atomic E-state index is 13.1. The molecular formula is C23H31N4O7P. The number of phosphoric acid groups is 1. The Bertz CT molecular complexity index is 1040. The molecule has 5 N–H and O–H groups in total. The number of carbonyl (C=O) groups is 3. The number of benzene rings is 1. The number of nitrogens with zero attached hydrogens (tertiary/aromatic N) is 1. The molecule has 1 aromatic heterocycles. The Morgan fingerprint density at radius 2 is 1.69 bits per heavy atom. The molecule has 0 spiro atoms. The highest BCUT2D eigenvalue weighted by Crippen LogP contribution is 2.37. The van der Waals surface area contributed by atoms with Crippen molar-refractivity contribution in [1.82, 2.24) is 20.9 Å². The zero-order chi connectivity index (χ0) is 26.0. The number of pyridine rings is 1. The highest BCUT2D eigenvalue weighted by atomic mass is 31.2. The Kier molecular flexibility index (Phi) is 10.4. The van der Waals surface area contributed by atoms with Gasteiger partial charge in [0.05, 0.1) is 12.2 Å². The smallest absolute Gasteiger partial charge is 0.404 e. The van der Waals surface area contributed by atoms with Gasteiger partial charge >= 0.3 is 7.82 Å². The van der Waals surface area contributed by atoms with Gasteiger partial charge in [-0.05, 0) is 42.2 Å². The Morgan fingerprint density at radius 1 is 1.00 bits per heavy atom. The highest BCUT2D eigenvalue weighted by Gasteiger charge is 2.27. The molecule has 0 aliphatic rings. The number of aromatic nitrogens is 1. The summed E-state index contributed by atoms with van der Waals surface area (Å²) >= 11 is 0. The molecule has 2 aromatic rings. The lowest BCUT2D eigenvalue weighted by Crippen LogP contribution is -2.54. The van der Waals surface area contributed by atoms with E-state index in [1.54, 1.807) is 18.3 Å². The first-order chi connectivity index (χ1) is 16.4. The van der Waals surface area contributed by atoms with E-state index in [2.05, 4.69) is 25.5 Å². The number of hydrogen-bond acceptors (Lipinski definition) is 6. The average molecular weight is 506 g/mol. The van der Waals surface area contributed by atoms with E-state index in [1.807, 2.05) is 19.9 Å². The number of amides is 3. The summed E-state index contributed by atoms with van der Waals surface area (Å²) in [7, 11) is -4.69. The summed E-state index contributed by atoms with van der Waals surface area (Å²) < 4.78 is 15.5. The molecule has 3 amide bonds. The first-order valence-electron chi connectivity index (χ1n) is 11.0. The molecule has 0 fully saturated rings. The van der Waals surface area contributed by atoms with Crippen LogP contribution in [0.25, 0.3) is 0 Å². The van der Waals surface area contributed by atoms with E-state index in [9.17, 15) is 18.9 Å². The van der Waals surface area contributed by atoms with Gasteiger partial charge in [0, 0.05) is 19.5 Å². The van der Waals surface area contributed by atoms with Crippen LogP contribution in [0, 0.1) is 5.92 Å². The predicted molar refractivity (Wildman–Crippen MR) is 128 cm³/mol. The molecule has 12 heteroatoms. The van der Waals surface area contributed by atoms with Gasteiger partial charge in [-0.15, -0.1) is 0 Å². The van der Waals surface area contributed by atoms with Crippen molar-refractivity contribution < 1.29 is 33.3 Å². The molecule has 0 saturated carbocycles. The maximum absolute atomic E-state index is 13.1. The molecule has 11 nitrogen and oxygen atoms in total. The highest BCUT2D eigenvalue weighted by molar-refractivity contribution is 7.46. The Hall–Kier alpha value is -3.27. The summed E-state index contributed by atoms with van der Waals surface area (Å²) in [4.78, 5) is 59.6. The first kappa shape index (κ1) is 28.0. The molecule has 0 saturated heterocycles. The van der Waals surface area contributed by atoms with Crippen molar-refractivity contribution >= 4 is 25.5 Å². The minimum absolute atomic E-state index is 0.0378. The first-order valence-corrected chi connectivity index (χ1v) is 12.5. The molecule has 1 heterocycles. The summed E-state index contributed by atoms with van der Waals surface area (Å²) in [5.74, 6) is -1.25. The van der Waals surface area contributed by atoms with Crippen LogP contribution in [0.5, 0.6) is 5.75 Å². The third kappa shape index (κ3) is 10.7. The molecule has 35 heavy (non-hydrogen) atoms. The van der Waals surface area contributed by atoms with Crippen LogP contribution in [0.15, 0.2) is 48.7 Å². The molecule has 2 atom stereocenters. The second-order valence-electron chi connectivity index (χ2n) is 8.41. The molecule has 2 rings (SSSR count). The zero-order valence-electron chi connectivity index (χ0n) is 19.8. The summed E-state index contributed by atoms with van der Waals surface area (Å²) in [6.07, 6.45) is 2.10. The Morgan fingerprint density at radius 3 is 2.23 bits per heavy atom. The van der Waals surface area contributed by atoms with E-state index in [0.29, 0.717) is 17.7 Å². The van der Waals surface area contributed by atoms with Crippen molar-refractivity contribution in [1.29, 1.82) is 0 Å². The fourth-order valence-corrected chi connectivity index (χ4v) is 3.69. The molecular weight excluding hydrogens is 475 g/mol. The minimum atomic E-state index is -4.69. The van der Waals surface area contributed by atoms with Crippen molar-refractivity contribution in [3.05, 3.63) is 59.9 Å². The van der Waals surface area contributed by atoms with Crippen molar-refractivity contribution in [2.75, 3.05) is 0 Å². The zero-order valence-corrected chi connectivity index (χ0v) is 20.7. The van der Waals surface area contributed by atoms with Gasteiger partial charge in [0.2, 0.25) is 17.7 Å². The maximum Gasteiger partial charge on any atom is 0.524 e. The quantitative estimate of drug-likeness (QED) is 0.270. The van der Waals surface area contributed by atoms with Crippen LogP contribution in [0.1, 0.15) is 38.4 Å². The monoisotopic (exact) mass is 506 g/mol. The van der Waals surface area contributed by atoms with Crippen LogP contribution in [0.3, 0.4) is 0 Å². The summed E-state index contributed by atoms with van der Waals surface area (Å²) in [6.45, 7) is 5.35. The standard InChI is InChI=1S/C23H31N4O7P/c1-15(2)12-20(22(29)25-14-18-6-4-5-11-24-18)27-23(30)21(26-16(3)28)13-17-7-9-19(10-8-17)34-35(31,32)33/h4-11,15,20-21H,12-14H2,1-3H3,(H,25,29)(H,26,28)(H,27,30)(H2,31,32,33)/t20-,21-/m0/s1. The number of hydrogen-bond donors (Lipinski definition) is 5. The van der Waals surface area contributed by atoms with Gasteiger partial charge in [-0.25, -0.2) is 4.57 Å². The fraction of sp³-hybridized carbons (Fsp3) is 0.391. The van der Waals surface area contributed by atoms with Crippen molar-refractivity contribution in [2.24, 2.45) is 5.92 Å². The third-order valence-electron chi connectivity index (χ3n) is 4.79. The van der Waals surface area contributed by atoms with E-state index in [-0.39, 0.29) is 30.5 Å². The molecule has 0 unspecified atom stereocenters. The second-order valence-corrected chi connectivity index (χ2v) is 9.58. The fourth-order valence-electron chi connectivity index (χ4n) is 3.29. The predicted octanol–water partition coefficient (Wildman–Crippen LogP) is 1.45. The summed E-state index contributed by atoms with van der Waals surface area (Å²) in [6, 6.07) is 9.32. The van der Waals surface area contributed by atoms with E-state index in [4.69, 9.17) is 9.79 Å². The van der Waals surface area contributed by atoms with Crippen LogP contribution in [-0.2, 0) is 31.9 Å². The van der Waals surface area contributed by atoms with E-state index in [0.717, 1.165) is 0 Å². The van der Waals surface area contributed by atoms with Gasteiger partial charge in [-0.3, -0.25) is 29.2 Å². The average Bonchev–Trinajstić information content (AvgIpc) is 2.77. The van der Waals surface area contributed by atoms with Gasteiger partial charge in [-0.2, -0.15) is 0 Å². The van der Waals surface area contributed by atoms with Crippen LogP contribution in [0.2, 0.25) is 0 Å². The molecule has 1 aromatic carbocycles. The minimum Gasteiger partial charge on any atom is -0.404 e. The van der Waals surface area contributed by atoms with Gasteiger partial charge < -0.3 is 20.5 Å². The van der Waals surface area contributed by atoms with Crippen LogP contribution in [-0.4, -0.2) is 44.6 Å². The SMILES string of the molecule is CC(=O)N[C@@H](Cc1ccc(OP(=O)(O)O)cc1)C(=O)N[C@@H](CC(C)C)C(=O)NCc1ccccn1. The lowest BCUT2D eigenvalue weighted by Gasteiger charge is -2.24. The molecule has 0 bridgehead atoms. The lowest BCUT2D eigenvalue weighted by atomic mass is 10.0. The lowest BCUT2D eigenvalue weighted by molar-refractivity contribution is -0.132. The summed E-state index contributed by atoms with van der Waals surface area (Å²) in [5, 5.41) is 8.11. The number of nitrogens with one attached hydrogen (secondary N) is 3. The van der Waals surface area contributed by atoms with E-state index in [1.165, 1.54) is 31.2 Å². The molecule has 190 valence electrons.